The van der Waals surface area contributed by atoms with Crippen molar-refractivity contribution in [3.05, 3.63) is 131 Å². The van der Waals surface area contributed by atoms with Gasteiger partial charge in [-0.1, -0.05) is 110 Å². The maximum absolute atomic E-state index is 12.2. The predicted molar refractivity (Wildman–Crippen MR) is 187 cm³/mol. The molecule has 0 aromatic heterocycles. The van der Waals surface area contributed by atoms with Crippen LogP contribution in [0.25, 0.3) is 11.1 Å². The Morgan fingerprint density at radius 3 is 2.18 bits per heavy atom. The van der Waals surface area contributed by atoms with Gasteiger partial charge in [0.2, 0.25) is 5.91 Å². The third-order valence-corrected chi connectivity index (χ3v) is 9.44. The highest BCUT2D eigenvalue weighted by Gasteiger charge is 2.39. The lowest BCUT2D eigenvalue weighted by molar-refractivity contribution is -0.276. The maximum atomic E-state index is 12.2. The molecule has 4 N–H and O–H groups in total. The molecule has 0 unspecified atom stereocenters. The van der Waals surface area contributed by atoms with Crippen LogP contribution in [-0.4, -0.2) is 57.8 Å². The average molecular weight is 667 g/mol. The molecule has 1 heterocycles. The molecule has 6 atom stereocenters. The van der Waals surface area contributed by atoms with Crippen molar-refractivity contribution in [1.82, 2.24) is 10.2 Å². The Morgan fingerprint density at radius 1 is 0.857 bits per heavy atom. The van der Waals surface area contributed by atoms with Gasteiger partial charge >= 0.3 is 5.97 Å². The van der Waals surface area contributed by atoms with Gasteiger partial charge in [-0.2, -0.15) is 0 Å². The molecule has 0 radical (unpaired) electrons. The van der Waals surface area contributed by atoms with Crippen LogP contribution in [0, 0.1) is 5.92 Å². The van der Waals surface area contributed by atoms with Crippen molar-refractivity contribution in [3.63, 3.8) is 0 Å². The molecule has 1 saturated heterocycles. The average Bonchev–Trinajstić information content (AvgIpc) is 3.13. The van der Waals surface area contributed by atoms with E-state index >= 15 is 0 Å². The number of hydrogen-bond donors (Lipinski definition) is 4. The Hall–Kier alpha value is -4.38. The zero-order valence-corrected chi connectivity index (χ0v) is 28.2. The molecular formula is C40H46N2O7. The van der Waals surface area contributed by atoms with Crippen molar-refractivity contribution in [1.29, 1.82) is 0 Å². The fourth-order valence-electron chi connectivity index (χ4n) is 6.23. The smallest absolute Gasteiger partial charge is 0.303 e. The van der Waals surface area contributed by atoms with E-state index in [1.54, 1.807) is 0 Å². The number of aliphatic hydroxyl groups excluding tert-OH is 2. The van der Waals surface area contributed by atoms with E-state index < -0.39 is 18.4 Å². The molecule has 0 saturated carbocycles. The predicted octanol–water partition coefficient (Wildman–Crippen LogP) is 6.17. The van der Waals surface area contributed by atoms with Crippen molar-refractivity contribution in [2.45, 2.75) is 70.5 Å². The number of ether oxygens (including phenoxy) is 2. The number of nitrogens with zero attached hydrogens (tertiary/aromatic N) is 1. The minimum Gasteiger partial charge on any atom is -0.481 e. The van der Waals surface area contributed by atoms with Gasteiger partial charge in [-0.15, -0.1) is 0 Å². The van der Waals surface area contributed by atoms with Crippen molar-refractivity contribution in [2.75, 3.05) is 13.6 Å². The second-order valence-corrected chi connectivity index (χ2v) is 12.8. The summed E-state index contributed by atoms with van der Waals surface area (Å²) >= 11 is 0. The van der Waals surface area contributed by atoms with E-state index in [9.17, 15) is 19.8 Å². The summed E-state index contributed by atoms with van der Waals surface area (Å²) in [5.74, 6) is -1.33. The number of hydrogen-bond acceptors (Lipinski definition) is 7. The highest BCUT2D eigenvalue weighted by molar-refractivity contribution is 5.80. The summed E-state index contributed by atoms with van der Waals surface area (Å²) in [6, 6.07) is 33.1. The van der Waals surface area contributed by atoms with Crippen LogP contribution in [-0.2, 0) is 32.2 Å². The highest BCUT2D eigenvalue weighted by atomic mass is 16.7. The number of carboxylic acid groups (broad SMARTS) is 1. The molecule has 0 spiro atoms. The van der Waals surface area contributed by atoms with Gasteiger partial charge in [0.05, 0.1) is 31.3 Å². The Morgan fingerprint density at radius 2 is 1.51 bits per heavy atom. The summed E-state index contributed by atoms with van der Waals surface area (Å²) in [5, 5.41) is 32.4. The number of carboxylic acids is 1. The normalized spacial score (nSPS) is 20.4. The number of aliphatic carboxylic acids is 1. The molecule has 9 nitrogen and oxygen atoms in total. The quantitative estimate of drug-likeness (QED) is 0.126. The number of nitrogens with one attached hydrogen (secondary N) is 1. The molecule has 1 fully saturated rings. The number of aliphatic hydroxyl groups is 2. The van der Waals surface area contributed by atoms with Gasteiger partial charge in [-0.05, 0) is 47.4 Å². The second kappa shape index (κ2) is 16.8. The summed E-state index contributed by atoms with van der Waals surface area (Å²) in [5.41, 5.74) is 6.38. The number of benzene rings is 4. The van der Waals surface area contributed by atoms with Crippen molar-refractivity contribution < 1.29 is 34.4 Å². The first kappa shape index (κ1) is 35.9. The van der Waals surface area contributed by atoms with Crippen LogP contribution >= 0.6 is 0 Å². The van der Waals surface area contributed by atoms with Gasteiger partial charge < -0.3 is 30.1 Å². The highest BCUT2D eigenvalue weighted by Crippen LogP contribution is 2.42. The molecule has 1 amide bonds. The van der Waals surface area contributed by atoms with Crippen molar-refractivity contribution in [2.24, 2.45) is 5.92 Å². The lowest BCUT2D eigenvalue weighted by atomic mass is 9.89. The number of carbonyl (C=O) groups excluding carboxylic acids is 1. The van der Waals surface area contributed by atoms with Crippen LogP contribution in [0.1, 0.15) is 73.0 Å². The monoisotopic (exact) mass is 666 g/mol. The van der Waals surface area contributed by atoms with Crippen LogP contribution < -0.4 is 5.32 Å². The van der Waals surface area contributed by atoms with E-state index in [4.69, 9.17) is 14.6 Å². The Bertz CT molecular complexity index is 1660. The zero-order chi connectivity index (χ0) is 34.9. The molecule has 0 bridgehead atoms. The Balaban J connectivity index is 1.35. The van der Waals surface area contributed by atoms with E-state index in [-0.39, 0.29) is 56.1 Å². The van der Waals surface area contributed by atoms with Gasteiger partial charge in [0, 0.05) is 37.0 Å². The fourth-order valence-corrected chi connectivity index (χ4v) is 6.23. The van der Waals surface area contributed by atoms with E-state index in [2.05, 4.69) is 17.1 Å². The van der Waals surface area contributed by atoms with Gasteiger partial charge in [0.25, 0.3) is 0 Å². The number of amides is 1. The summed E-state index contributed by atoms with van der Waals surface area (Å²) in [4.78, 5) is 25.1. The van der Waals surface area contributed by atoms with E-state index in [0.29, 0.717) is 6.54 Å². The van der Waals surface area contributed by atoms with Gasteiger partial charge in [-0.3, -0.25) is 14.5 Å². The minimum atomic E-state index is -1.00. The Labute approximate surface area is 288 Å². The molecule has 4 aromatic carbocycles. The van der Waals surface area contributed by atoms with Crippen molar-refractivity contribution >= 4 is 11.9 Å². The SMILES string of the molecule is C[C@@H]1[C@H](CN(C)[C@H](C)[C@@H](O)c2ccccc2)O[C@H](c2ccc(-c3ccccc3CNC(=O)CCC(=O)O)cc2)O[C@@H]1c1ccc(CO)cc1. The molecule has 49 heavy (non-hydrogen) atoms. The molecule has 4 aromatic rings. The second-order valence-electron chi connectivity index (χ2n) is 12.8. The molecule has 0 aliphatic carbocycles. The summed E-state index contributed by atoms with van der Waals surface area (Å²) in [6.45, 7) is 4.96. The molecule has 1 aliphatic rings. The molecule has 9 heteroatoms. The largest absolute Gasteiger partial charge is 0.481 e. The van der Waals surface area contributed by atoms with Gasteiger partial charge in [-0.25, -0.2) is 0 Å². The Kier molecular flexibility index (Phi) is 12.3. The summed E-state index contributed by atoms with van der Waals surface area (Å²) in [7, 11) is 2.00. The van der Waals surface area contributed by atoms with E-state index in [1.807, 2.05) is 117 Å². The van der Waals surface area contributed by atoms with Crippen LogP contribution in [0.5, 0.6) is 0 Å². The van der Waals surface area contributed by atoms with Crippen LogP contribution in [0.15, 0.2) is 103 Å². The molecular weight excluding hydrogens is 620 g/mol. The number of likely N-dealkylation sites (N-methyl/N-ethyl adjacent to an activating group) is 1. The van der Waals surface area contributed by atoms with E-state index in [1.165, 1.54) is 0 Å². The molecule has 1 aliphatic heterocycles. The summed E-state index contributed by atoms with van der Waals surface area (Å²) < 4.78 is 13.4. The molecule has 258 valence electrons. The standard InChI is InChI=1S/C40H46N2O7/c1-26-35(24-42(3)27(2)38(47)30-9-5-4-6-10-30)48-40(49-39(26)31-15-13-28(25-43)14-16-31)32-19-17-29(18-20-32)34-12-8-7-11-33(34)23-41-36(44)21-22-37(45)46/h4-20,26-27,35,38-40,43,47H,21-25H2,1-3H3,(H,41,44)(H,45,46)/t26-,27-,35+,38-,39+,40+/m1/s1. The zero-order valence-electron chi connectivity index (χ0n) is 28.2. The van der Waals surface area contributed by atoms with E-state index in [0.717, 1.165) is 38.9 Å². The topological polar surface area (TPSA) is 129 Å². The van der Waals surface area contributed by atoms with Crippen LogP contribution in [0.3, 0.4) is 0 Å². The first-order chi connectivity index (χ1) is 23.6. The van der Waals surface area contributed by atoms with Gasteiger partial charge in [0.15, 0.2) is 6.29 Å². The maximum Gasteiger partial charge on any atom is 0.303 e. The fraction of sp³-hybridized carbons (Fsp3) is 0.350. The first-order valence-electron chi connectivity index (χ1n) is 16.7. The van der Waals surface area contributed by atoms with Crippen LogP contribution in [0.4, 0.5) is 0 Å². The van der Waals surface area contributed by atoms with Crippen LogP contribution in [0.2, 0.25) is 0 Å². The third-order valence-electron chi connectivity index (χ3n) is 9.44. The summed E-state index contributed by atoms with van der Waals surface area (Å²) in [6.07, 6.45) is -2.08. The lowest BCUT2D eigenvalue weighted by Gasteiger charge is -2.43. The first-order valence-corrected chi connectivity index (χ1v) is 16.7. The lowest BCUT2D eigenvalue weighted by Crippen LogP contribution is -2.46. The molecule has 5 rings (SSSR count). The third kappa shape index (κ3) is 9.20. The number of rotatable bonds is 14. The van der Waals surface area contributed by atoms with Gasteiger partial charge in [0.1, 0.15) is 0 Å². The van der Waals surface area contributed by atoms with Crippen molar-refractivity contribution in [3.8, 4) is 11.1 Å². The minimum absolute atomic E-state index is 0.0170. The number of carbonyl (C=O) groups is 2.